The predicted octanol–water partition coefficient (Wildman–Crippen LogP) is 5.50. The van der Waals surface area contributed by atoms with Crippen LogP contribution in [0.15, 0.2) is 69.7 Å². The summed E-state index contributed by atoms with van der Waals surface area (Å²) in [5.41, 5.74) is 3.82. The molecule has 2 aromatic carbocycles. The van der Waals surface area contributed by atoms with E-state index in [4.69, 9.17) is 20.8 Å². The molecule has 1 aliphatic heterocycles. The number of carbonyl (C=O) groups is 2. The van der Waals surface area contributed by atoms with E-state index in [0.717, 1.165) is 11.1 Å². The molecule has 4 rings (SSSR count). The molecule has 0 N–H and O–H groups in total. The minimum atomic E-state index is -0.398. The Bertz CT molecular complexity index is 1240. The number of hydrazone groups is 1. The number of carbonyl (C=O) groups excluding carboxylic acids is 2. The molecule has 0 aliphatic carbocycles. The second kappa shape index (κ2) is 8.24. The molecule has 0 fully saturated rings. The Labute approximate surface area is 184 Å². The number of halogens is 1. The topological polar surface area (TPSA) is 72.1 Å². The molecule has 0 atom stereocenters. The summed E-state index contributed by atoms with van der Waals surface area (Å²) in [7, 11) is 1.34. The predicted molar refractivity (Wildman–Crippen MR) is 120 cm³/mol. The molecule has 156 valence electrons. The zero-order valence-corrected chi connectivity index (χ0v) is 17.9. The number of aryl methyl sites for hydroxylation is 1. The number of hydrogen-bond acceptors (Lipinski definition) is 5. The average molecular weight is 435 g/mol. The Morgan fingerprint density at radius 2 is 1.84 bits per heavy atom. The van der Waals surface area contributed by atoms with Crippen molar-refractivity contribution in [1.29, 1.82) is 0 Å². The summed E-state index contributed by atoms with van der Waals surface area (Å²) in [6.45, 7) is 3.67. The van der Waals surface area contributed by atoms with E-state index in [1.807, 2.05) is 25.1 Å². The van der Waals surface area contributed by atoms with Crippen LogP contribution in [-0.2, 0) is 9.53 Å². The SMILES string of the molecule is COC(=O)c1ccc(-c2ccc(/C=C3/C(=O)N(c4ccc(C)c(Cl)c4)N=C3C)o2)cc1. The molecule has 31 heavy (non-hydrogen) atoms. The summed E-state index contributed by atoms with van der Waals surface area (Å²) in [6, 6.07) is 15.9. The van der Waals surface area contributed by atoms with Crippen LogP contribution in [0.5, 0.6) is 0 Å². The normalized spacial score (nSPS) is 14.8. The molecule has 0 bridgehead atoms. The van der Waals surface area contributed by atoms with Crippen molar-refractivity contribution in [3.05, 3.63) is 82.1 Å². The van der Waals surface area contributed by atoms with Crippen molar-refractivity contribution < 1.29 is 18.7 Å². The highest BCUT2D eigenvalue weighted by atomic mass is 35.5. The number of furan rings is 1. The fraction of sp³-hybridized carbons (Fsp3) is 0.125. The van der Waals surface area contributed by atoms with Crippen molar-refractivity contribution in [2.24, 2.45) is 5.10 Å². The number of benzene rings is 2. The molecule has 0 radical (unpaired) electrons. The highest BCUT2D eigenvalue weighted by Gasteiger charge is 2.29. The fourth-order valence-corrected chi connectivity index (χ4v) is 3.36. The van der Waals surface area contributed by atoms with E-state index in [-0.39, 0.29) is 5.91 Å². The van der Waals surface area contributed by atoms with Gasteiger partial charge in [-0.3, -0.25) is 4.79 Å². The Balaban J connectivity index is 1.57. The first-order valence-electron chi connectivity index (χ1n) is 9.54. The van der Waals surface area contributed by atoms with Gasteiger partial charge < -0.3 is 9.15 Å². The molecule has 6 nitrogen and oxygen atoms in total. The van der Waals surface area contributed by atoms with Crippen LogP contribution < -0.4 is 5.01 Å². The van der Waals surface area contributed by atoms with Crippen LogP contribution in [0.25, 0.3) is 17.4 Å². The maximum absolute atomic E-state index is 12.9. The van der Waals surface area contributed by atoms with Gasteiger partial charge in [-0.05, 0) is 61.9 Å². The first-order chi connectivity index (χ1) is 14.9. The number of rotatable bonds is 4. The van der Waals surface area contributed by atoms with Gasteiger partial charge in [0.05, 0.1) is 29.6 Å². The molecule has 0 saturated heterocycles. The van der Waals surface area contributed by atoms with Crippen molar-refractivity contribution in [3.63, 3.8) is 0 Å². The van der Waals surface area contributed by atoms with Crippen LogP contribution in [0.1, 0.15) is 28.6 Å². The standard InChI is InChI=1S/C24H19ClN2O4/c1-14-4-9-18(12-21(14)25)27-23(28)20(15(2)26-27)13-19-10-11-22(31-19)16-5-7-17(8-6-16)24(29)30-3/h4-13H,1-3H3/b20-13+. The molecule has 1 amide bonds. The maximum atomic E-state index is 12.9. The van der Waals surface area contributed by atoms with Crippen molar-refractivity contribution in [2.75, 3.05) is 12.1 Å². The van der Waals surface area contributed by atoms with Gasteiger partial charge in [0.2, 0.25) is 0 Å². The van der Waals surface area contributed by atoms with Crippen LogP contribution in [-0.4, -0.2) is 24.7 Å². The summed E-state index contributed by atoms with van der Waals surface area (Å²) < 4.78 is 10.6. The Kier molecular flexibility index (Phi) is 5.48. The zero-order valence-electron chi connectivity index (χ0n) is 17.2. The van der Waals surface area contributed by atoms with Crippen molar-refractivity contribution in [3.8, 4) is 11.3 Å². The van der Waals surface area contributed by atoms with Gasteiger partial charge in [0.1, 0.15) is 11.5 Å². The first kappa shape index (κ1) is 20.6. The van der Waals surface area contributed by atoms with Crippen LogP contribution in [0, 0.1) is 6.92 Å². The van der Waals surface area contributed by atoms with E-state index in [1.165, 1.54) is 12.1 Å². The number of methoxy groups -OCH3 is 1. The lowest BCUT2D eigenvalue weighted by Gasteiger charge is -2.12. The van der Waals surface area contributed by atoms with E-state index in [0.29, 0.717) is 39.1 Å². The van der Waals surface area contributed by atoms with Gasteiger partial charge in [-0.1, -0.05) is 29.8 Å². The van der Waals surface area contributed by atoms with Gasteiger partial charge in [-0.15, -0.1) is 0 Å². The minimum absolute atomic E-state index is 0.252. The monoisotopic (exact) mass is 434 g/mol. The second-order valence-electron chi connectivity index (χ2n) is 7.06. The Morgan fingerprint density at radius 1 is 1.10 bits per heavy atom. The summed E-state index contributed by atoms with van der Waals surface area (Å²) in [5, 5.41) is 6.28. The van der Waals surface area contributed by atoms with E-state index >= 15 is 0 Å². The van der Waals surface area contributed by atoms with Crippen LogP contribution in [0.3, 0.4) is 0 Å². The molecule has 0 unspecified atom stereocenters. The molecule has 3 aromatic rings. The maximum Gasteiger partial charge on any atom is 0.337 e. The lowest BCUT2D eigenvalue weighted by atomic mass is 10.1. The van der Waals surface area contributed by atoms with E-state index in [1.54, 1.807) is 49.4 Å². The molecule has 0 saturated carbocycles. The third-order valence-corrected chi connectivity index (χ3v) is 5.37. The number of anilines is 1. The molecular formula is C24H19ClN2O4. The van der Waals surface area contributed by atoms with Gasteiger partial charge in [-0.2, -0.15) is 10.1 Å². The number of nitrogens with zero attached hydrogens (tertiary/aromatic N) is 2. The molecule has 0 spiro atoms. The average Bonchev–Trinajstić information content (AvgIpc) is 3.35. The summed E-state index contributed by atoms with van der Waals surface area (Å²) in [5.74, 6) is 0.488. The highest BCUT2D eigenvalue weighted by Crippen LogP contribution is 2.30. The van der Waals surface area contributed by atoms with Gasteiger partial charge in [-0.25, -0.2) is 4.79 Å². The van der Waals surface area contributed by atoms with Crippen LogP contribution in [0.2, 0.25) is 5.02 Å². The molecule has 2 heterocycles. The van der Waals surface area contributed by atoms with Gasteiger partial charge in [0.25, 0.3) is 5.91 Å². The van der Waals surface area contributed by atoms with Crippen molar-refractivity contribution in [1.82, 2.24) is 0 Å². The third-order valence-electron chi connectivity index (χ3n) is 4.97. The fourth-order valence-electron chi connectivity index (χ4n) is 3.19. The van der Waals surface area contributed by atoms with E-state index in [2.05, 4.69) is 5.10 Å². The smallest absolute Gasteiger partial charge is 0.337 e. The third kappa shape index (κ3) is 4.02. The van der Waals surface area contributed by atoms with E-state index < -0.39 is 5.97 Å². The minimum Gasteiger partial charge on any atom is -0.465 e. The highest BCUT2D eigenvalue weighted by molar-refractivity contribution is 6.33. The molecule has 1 aromatic heterocycles. The second-order valence-corrected chi connectivity index (χ2v) is 7.47. The zero-order chi connectivity index (χ0) is 22.1. The number of esters is 1. The number of amides is 1. The molecule has 1 aliphatic rings. The summed E-state index contributed by atoms with van der Waals surface area (Å²) in [4.78, 5) is 24.5. The molecular weight excluding hydrogens is 416 g/mol. The number of ether oxygens (including phenoxy) is 1. The number of hydrogen-bond donors (Lipinski definition) is 0. The van der Waals surface area contributed by atoms with Crippen LogP contribution >= 0.6 is 11.6 Å². The first-order valence-corrected chi connectivity index (χ1v) is 9.91. The summed E-state index contributed by atoms with van der Waals surface area (Å²) in [6.07, 6.45) is 1.67. The van der Waals surface area contributed by atoms with Crippen LogP contribution in [0.4, 0.5) is 5.69 Å². The Morgan fingerprint density at radius 3 is 2.52 bits per heavy atom. The van der Waals surface area contributed by atoms with Crippen molar-refractivity contribution in [2.45, 2.75) is 13.8 Å². The van der Waals surface area contributed by atoms with Gasteiger partial charge in [0.15, 0.2) is 0 Å². The lowest BCUT2D eigenvalue weighted by molar-refractivity contribution is -0.114. The molecule has 7 heteroatoms. The quantitative estimate of drug-likeness (QED) is 0.401. The largest absolute Gasteiger partial charge is 0.465 e. The lowest BCUT2D eigenvalue weighted by Crippen LogP contribution is -2.21. The van der Waals surface area contributed by atoms with E-state index in [9.17, 15) is 9.59 Å². The Hall–Kier alpha value is -3.64. The van der Waals surface area contributed by atoms with Gasteiger partial charge >= 0.3 is 5.97 Å². The van der Waals surface area contributed by atoms with Crippen molar-refractivity contribution >= 4 is 41.0 Å². The van der Waals surface area contributed by atoms with Gasteiger partial charge in [0, 0.05) is 10.6 Å². The summed E-state index contributed by atoms with van der Waals surface area (Å²) >= 11 is 6.20.